The minimum Gasteiger partial charge on any atom is -0.375 e. The summed E-state index contributed by atoms with van der Waals surface area (Å²) in [5.74, 6) is 1.01. The van der Waals surface area contributed by atoms with Crippen molar-refractivity contribution in [1.82, 2.24) is 10.2 Å². The molecule has 4 heteroatoms. The Kier molecular flexibility index (Phi) is 4.40. The maximum atomic E-state index is 12.2. The van der Waals surface area contributed by atoms with Crippen LogP contribution in [0.3, 0.4) is 0 Å². The molecule has 2 saturated heterocycles. The van der Waals surface area contributed by atoms with Crippen LogP contribution in [-0.4, -0.2) is 49.2 Å². The van der Waals surface area contributed by atoms with Crippen molar-refractivity contribution in [2.24, 2.45) is 5.92 Å². The molecule has 3 unspecified atom stereocenters. The highest BCUT2D eigenvalue weighted by Crippen LogP contribution is 2.18. The Morgan fingerprint density at radius 3 is 3.00 bits per heavy atom. The summed E-state index contributed by atoms with van der Waals surface area (Å²) in [5.41, 5.74) is 0. The number of hydrogen-bond acceptors (Lipinski definition) is 3. The number of nitrogens with one attached hydrogen (secondary N) is 1. The molecular formula is C13H24N2O2. The Bertz CT molecular complexity index is 264. The molecule has 1 N–H and O–H groups in total. The fraction of sp³-hybridized carbons (Fsp3) is 0.923. The van der Waals surface area contributed by atoms with E-state index < -0.39 is 0 Å². The summed E-state index contributed by atoms with van der Waals surface area (Å²) in [6.45, 7) is 7.77. The van der Waals surface area contributed by atoms with Crippen molar-refractivity contribution in [3.05, 3.63) is 0 Å². The molecule has 3 atom stereocenters. The normalized spacial score (nSPS) is 34.0. The van der Waals surface area contributed by atoms with Crippen molar-refractivity contribution < 1.29 is 9.53 Å². The maximum absolute atomic E-state index is 12.2. The van der Waals surface area contributed by atoms with Crippen molar-refractivity contribution in [2.75, 3.05) is 26.2 Å². The van der Waals surface area contributed by atoms with E-state index in [4.69, 9.17) is 4.74 Å². The lowest BCUT2D eigenvalue weighted by Gasteiger charge is -2.38. The van der Waals surface area contributed by atoms with E-state index in [0.717, 1.165) is 26.1 Å². The molecule has 1 amide bonds. The minimum atomic E-state index is 0.167. The average molecular weight is 240 g/mol. The van der Waals surface area contributed by atoms with E-state index in [-0.39, 0.29) is 12.1 Å². The standard InChI is InChI=1S/C13H24N2O2/c1-10-11(2)17-8-7-15(10)13(16)4-3-12-5-6-14-9-12/h10-12,14H,3-9H2,1-2H3. The largest absolute Gasteiger partial charge is 0.375 e. The summed E-state index contributed by atoms with van der Waals surface area (Å²) in [6, 6.07) is 0.220. The van der Waals surface area contributed by atoms with E-state index in [9.17, 15) is 4.79 Å². The Morgan fingerprint density at radius 1 is 1.47 bits per heavy atom. The maximum Gasteiger partial charge on any atom is 0.222 e. The molecule has 0 spiro atoms. The molecule has 0 bridgehead atoms. The Labute approximate surface area is 104 Å². The smallest absolute Gasteiger partial charge is 0.222 e. The molecule has 2 fully saturated rings. The van der Waals surface area contributed by atoms with Gasteiger partial charge in [-0.1, -0.05) is 0 Å². The number of ether oxygens (including phenoxy) is 1. The second-order valence-corrected chi connectivity index (χ2v) is 5.30. The Balaban J connectivity index is 1.78. The van der Waals surface area contributed by atoms with Crippen molar-refractivity contribution in [1.29, 1.82) is 0 Å². The average Bonchev–Trinajstić information content (AvgIpc) is 2.82. The van der Waals surface area contributed by atoms with Gasteiger partial charge in [0, 0.05) is 13.0 Å². The first-order chi connectivity index (χ1) is 8.18. The zero-order valence-electron chi connectivity index (χ0n) is 10.9. The first-order valence-electron chi connectivity index (χ1n) is 6.80. The van der Waals surface area contributed by atoms with Crippen LogP contribution in [-0.2, 0) is 9.53 Å². The highest BCUT2D eigenvalue weighted by Gasteiger charge is 2.29. The van der Waals surface area contributed by atoms with Gasteiger partial charge in [0.05, 0.1) is 18.8 Å². The molecule has 0 aromatic rings. The van der Waals surface area contributed by atoms with Gasteiger partial charge in [-0.25, -0.2) is 0 Å². The monoisotopic (exact) mass is 240 g/mol. The van der Waals surface area contributed by atoms with Gasteiger partial charge in [-0.3, -0.25) is 4.79 Å². The number of carbonyl (C=O) groups excluding carboxylic acids is 1. The van der Waals surface area contributed by atoms with E-state index >= 15 is 0 Å². The lowest BCUT2D eigenvalue weighted by Crippen LogP contribution is -2.51. The number of carbonyl (C=O) groups is 1. The fourth-order valence-electron chi connectivity index (χ4n) is 2.72. The van der Waals surface area contributed by atoms with Crippen LogP contribution >= 0.6 is 0 Å². The van der Waals surface area contributed by atoms with E-state index in [0.29, 0.717) is 24.9 Å². The van der Waals surface area contributed by atoms with Gasteiger partial charge in [-0.05, 0) is 45.7 Å². The first-order valence-corrected chi connectivity index (χ1v) is 6.80. The molecule has 0 saturated carbocycles. The lowest BCUT2D eigenvalue weighted by atomic mass is 10.0. The Morgan fingerprint density at radius 2 is 2.29 bits per heavy atom. The molecule has 4 nitrogen and oxygen atoms in total. The number of hydrogen-bond donors (Lipinski definition) is 1. The van der Waals surface area contributed by atoms with Crippen molar-refractivity contribution in [3.8, 4) is 0 Å². The SMILES string of the molecule is CC1OCCN(C(=O)CCC2CCNC2)C1C. The molecule has 2 heterocycles. The summed E-state index contributed by atoms with van der Waals surface area (Å²) in [4.78, 5) is 14.2. The molecule has 2 aliphatic heterocycles. The molecule has 2 aliphatic rings. The van der Waals surface area contributed by atoms with Crippen LogP contribution in [0.5, 0.6) is 0 Å². The van der Waals surface area contributed by atoms with Gasteiger partial charge in [0.25, 0.3) is 0 Å². The number of morpholine rings is 1. The van der Waals surface area contributed by atoms with Crippen LogP contribution in [0.4, 0.5) is 0 Å². The van der Waals surface area contributed by atoms with Crippen LogP contribution in [0, 0.1) is 5.92 Å². The van der Waals surface area contributed by atoms with E-state index in [2.05, 4.69) is 12.2 Å². The second kappa shape index (κ2) is 5.83. The third kappa shape index (κ3) is 3.19. The highest BCUT2D eigenvalue weighted by molar-refractivity contribution is 5.76. The van der Waals surface area contributed by atoms with Gasteiger partial charge in [0.2, 0.25) is 5.91 Å². The predicted molar refractivity (Wildman–Crippen MR) is 66.8 cm³/mol. The summed E-state index contributed by atoms with van der Waals surface area (Å²) in [5, 5.41) is 3.35. The summed E-state index contributed by atoms with van der Waals surface area (Å²) in [7, 11) is 0. The second-order valence-electron chi connectivity index (χ2n) is 5.30. The van der Waals surface area contributed by atoms with Gasteiger partial charge < -0.3 is 15.0 Å². The third-order valence-corrected chi connectivity index (χ3v) is 4.13. The van der Waals surface area contributed by atoms with Crippen LogP contribution in [0.2, 0.25) is 0 Å². The predicted octanol–water partition coefficient (Wildman–Crippen LogP) is 1.01. The molecule has 0 radical (unpaired) electrons. The minimum absolute atomic E-state index is 0.167. The van der Waals surface area contributed by atoms with Gasteiger partial charge in [-0.15, -0.1) is 0 Å². The molecule has 98 valence electrons. The zero-order valence-corrected chi connectivity index (χ0v) is 10.9. The molecule has 0 aromatic heterocycles. The van der Waals surface area contributed by atoms with Gasteiger partial charge in [0.15, 0.2) is 0 Å². The van der Waals surface area contributed by atoms with Crippen LogP contribution < -0.4 is 5.32 Å². The lowest BCUT2D eigenvalue weighted by molar-refractivity contribution is -0.144. The first kappa shape index (κ1) is 12.8. The molecule has 0 aliphatic carbocycles. The van der Waals surface area contributed by atoms with Crippen LogP contribution in [0.1, 0.15) is 33.1 Å². The van der Waals surface area contributed by atoms with Gasteiger partial charge in [-0.2, -0.15) is 0 Å². The third-order valence-electron chi connectivity index (χ3n) is 4.13. The molecule has 17 heavy (non-hydrogen) atoms. The van der Waals surface area contributed by atoms with Crippen molar-refractivity contribution in [3.63, 3.8) is 0 Å². The van der Waals surface area contributed by atoms with E-state index in [1.807, 2.05) is 11.8 Å². The summed E-state index contributed by atoms with van der Waals surface area (Å²) >= 11 is 0. The Hall–Kier alpha value is -0.610. The highest BCUT2D eigenvalue weighted by atomic mass is 16.5. The quantitative estimate of drug-likeness (QED) is 0.800. The molecular weight excluding hydrogens is 216 g/mol. The van der Waals surface area contributed by atoms with Gasteiger partial charge >= 0.3 is 0 Å². The van der Waals surface area contributed by atoms with Crippen LogP contribution in [0.25, 0.3) is 0 Å². The van der Waals surface area contributed by atoms with Crippen LogP contribution in [0.15, 0.2) is 0 Å². The summed E-state index contributed by atoms with van der Waals surface area (Å²) in [6.07, 6.45) is 3.12. The summed E-state index contributed by atoms with van der Waals surface area (Å²) < 4.78 is 5.54. The fourth-order valence-corrected chi connectivity index (χ4v) is 2.72. The molecule has 2 rings (SSSR count). The van der Waals surface area contributed by atoms with Crippen molar-refractivity contribution in [2.45, 2.75) is 45.3 Å². The number of nitrogens with zero attached hydrogens (tertiary/aromatic N) is 1. The number of rotatable bonds is 3. The number of amides is 1. The van der Waals surface area contributed by atoms with E-state index in [1.54, 1.807) is 0 Å². The topological polar surface area (TPSA) is 41.6 Å². The van der Waals surface area contributed by atoms with E-state index in [1.165, 1.54) is 6.42 Å². The van der Waals surface area contributed by atoms with Gasteiger partial charge in [0.1, 0.15) is 0 Å². The van der Waals surface area contributed by atoms with Crippen molar-refractivity contribution >= 4 is 5.91 Å². The molecule has 0 aromatic carbocycles. The zero-order chi connectivity index (χ0) is 12.3.